The fourth-order valence-electron chi connectivity index (χ4n) is 1.85. The van der Waals surface area contributed by atoms with Gasteiger partial charge in [-0.25, -0.2) is 4.98 Å². The van der Waals surface area contributed by atoms with E-state index in [1.54, 1.807) is 24.3 Å². The Morgan fingerprint density at radius 1 is 1.16 bits per heavy atom. The van der Waals surface area contributed by atoms with E-state index in [9.17, 15) is 18.0 Å². The molecule has 136 valence electrons. The molecule has 0 bridgehead atoms. The molecule has 2 aromatic rings. The van der Waals surface area contributed by atoms with E-state index in [2.05, 4.69) is 10.3 Å². The lowest BCUT2D eigenvalue weighted by Crippen LogP contribution is -2.28. The summed E-state index contributed by atoms with van der Waals surface area (Å²) < 4.78 is 42.4. The number of amides is 1. The molecule has 0 aliphatic carbocycles. The number of benzene rings is 1. The summed E-state index contributed by atoms with van der Waals surface area (Å²) in [7, 11) is 0. The molecular weight excluding hydrogens is 359 g/mol. The van der Waals surface area contributed by atoms with Gasteiger partial charge in [0.1, 0.15) is 6.61 Å². The van der Waals surface area contributed by atoms with E-state index in [1.165, 1.54) is 0 Å². The summed E-state index contributed by atoms with van der Waals surface area (Å²) in [6.45, 7) is 0.682. The lowest BCUT2D eigenvalue weighted by molar-refractivity contribution is -0.137. The first-order valence-electron chi connectivity index (χ1n) is 7.13. The maximum absolute atomic E-state index is 12.4. The molecule has 1 aromatic carbocycles. The van der Waals surface area contributed by atoms with Crippen LogP contribution in [0.15, 0.2) is 42.6 Å². The van der Waals surface area contributed by atoms with Crippen LogP contribution in [0.4, 0.5) is 13.2 Å². The van der Waals surface area contributed by atoms with Crippen LogP contribution < -0.4 is 15.8 Å². The number of carbonyl (C=O) groups excluding carboxylic acids is 1. The average Bonchev–Trinajstić information content (AvgIpc) is 2.58. The molecule has 1 aromatic heterocycles. The predicted octanol–water partition coefficient (Wildman–Crippen LogP) is 2.79. The standard InChI is InChI=1S/C16H16F3N3O2.ClH/c17-16(18,19)13-5-6-14(22-10-13)24-8-7-21-15(23)12-3-1-11(9-20)2-4-12;/h1-6,10H,7-9,20H2,(H,21,23);1H. The van der Waals surface area contributed by atoms with Crippen molar-refractivity contribution in [3.8, 4) is 5.88 Å². The molecule has 0 saturated heterocycles. The van der Waals surface area contributed by atoms with Crippen molar-refractivity contribution in [3.05, 3.63) is 59.3 Å². The summed E-state index contributed by atoms with van der Waals surface area (Å²) in [6, 6.07) is 8.87. The van der Waals surface area contributed by atoms with Crippen LogP contribution in [0.5, 0.6) is 5.88 Å². The number of nitrogens with zero attached hydrogens (tertiary/aromatic N) is 1. The van der Waals surface area contributed by atoms with Crippen LogP contribution in [0, 0.1) is 0 Å². The number of rotatable bonds is 6. The summed E-state index contributed by atoms with van der Waals surface area (Å²) in [6.07, 6.45) is -3.73. The minimum absolute atomic E-state index is 0. The van der Waals surface area contributed by atoms with Crippen LogP contribution in [0.1, 0.15) is 21.5 Å². The van der Waals surface area contributed by atoms with Gasteiger partial charge in [0.15, 0.2) is 0 Å². The van der Waals surface area contributed by atoms with Gasteiger partial charge < -0.3 is 15.8 Å². The molecule has 5 nitrogen and oxygen atoms in total. The molecule has 0 aliphatic rings. The van der Waals surface area contributed by atoms with Gasteiger partial charge in [0.05, 0.1) is 12.1 Å². The minimum atomic E-state index is -4.43. The van der Waals surface area contributed by atoms with Crippen molar-refractivity contribution in [2.75, 3.05) is 13.2 Å². The molecule has 25 heavy (non-hydrogen) atoms. The van der Waals surface area contributed by atoms with Crippen LogP contribution >= 0.6 is 12.4 Å². The molecule has 0 fully saturated rings. The number of nitrogens with one attached hydrogen (secondary N) is 1. The smallest absolute Gasteiger partial charge is 0.417 e. The van der Waals surface area contributed by atoms with Crippen LogP contribution in [0.25, 0.3) is 0 Å². The number of hydrogen-bond donors (Lipinski definition) is 2. The molecule has 0 atom stereocenters. The number of halogens is 4. The van der Waals surface area contributed by atoms with Crippen molar-refractivity contribution >= 4 is 18.3 Å². The zero-order valence-corrected chi connectivity index (χ0v) is 13.9. The Bertz CT molecular complexity index is 677. The number of alkyl halides is 3. The molecule has 0 saturated carbocycles. The fraction of sp³-hybridized carbons (Fsp3) is 0.250. The monoisotopic (exact) mass is 375 g/mol. The number of ether oxygens (including phenoxy) is 1. The van der Waals surface area contributed by atoms with Gasteiger partial charge in [0.25, 0.3) is 5.91 Å². The van der Waals surface area contributed by atoms with E-state index in [0.717, 1.165) is 17.7 Å². The predicted molar refractivity (Wildman–Crippen MR) is 88.6 cm³/mol. The average molecular weight is 376 g/mol. The van der Waals surface area contributed by atoms with Gasteiger partial charge >= 0.3 is 6.18 Å². The van der Waals surface area contributed by atoms with E-state index >= 15 is 0 Å². The van der Waals surface area contributed by atoms with Gasteiger partial charge in [-0.3, -0.25) is 4.79 Å². The zero-order valence-electron chi connectivity index (χ0n) is 13.0. The van der Waals surface area contributed by atoms with E-state index in [0.29, 0.717) is 18.3 Å². The highest BCUT2D eigenvalue weighted by atomic mass is 35.5. The summed E-state index contributed by atoms with van der Waals surface area (Å²) in [5, 5.41) is 2.64. The SMILES string of the molecule is Cl.NCc1ccc(C(=O)NCCOc2ccc(C(F)(F)F)cn2)cc1. The number of hydrogen-bond acceptors (Lipinski definition) is 4. The quantitative estimate of drug-likeness (QED) is 0.761. The lowest BCUT2D eigenvalue weighted by atomic mass is 10.1. The fourth-order valence-corrected chi connectivity index (χ4v) is 1.85. The van der Waals surface area contributed by atoms with E-state index in [-0.39, 0.29) is 37.3 Å². The molecule has 0 radical (unpaired) electrons. The van der Waals surface area contributed by atoms with Crippen LogP contribution in [-0.4, -0.2) is 24.0 Å². The Hall–Kier alpha value is -2.32. The third-order valence-electron chi connectivity index (χ3n) is 3.15. The van der Waals surface area contributed by atoms with Crippen molar-refractivity contribution in [2.24, 2.45) is 5.73 Å². The summed E-state index contributed by atoms with van der Waals surface area (Å²) in [5.74, 6) is -0.216. The Morgan fingerprint density at radius 2 is 1.84 bits per heavy atom. The highest BCUT2D eigenvalue weighted by Crippen LogP contribution is 2.29. The Morgan fingerprint density at radius 3 is 2.36 bits per heavy atom. The second-order valence-electron chi connectivity index (χ2n) is 4.89. The van der Waals surface area contributed by atoms with Crippen LogP contribution in [-0.2, 0) is 12.7 Å². The first kappa shape index (κ1) is 20.7. The summed E-state index contributed by atoms with van der Waals surface area (Å²) in [5.41, 5.74) is 6.04. The van der Waals surface area contributed by atoms with Crippen molar-refractivity contribution in [2.45, 2.75) is 12.7 Å². The minimum Gasteiger partial charge on any atom is -0.476 e. The van der Waals surface area contributed by atoms with E-state index in [1.807, 2.05) is 0 Å². The topological polar surface area (TPSA) is 77.2 Å². The van der Waals surface area contributed by atoms with Gasteiger partial charge in [-0.05, 0) is 23.8 Å². The zero-order chi connectivity index (χ0) is 17.6. The number of aromatic nitrogens is 1. The van der Waals surface area contributed by atoms with Crippen LogP contribution in [0.2, 0.25) is 0 Å². The Kier molecular flexibility index (Phi) is 7.66. The largest absolute Gasteiger partial charge is 0.476 e. The van der Waals surface area contributed by atoms with Gasteiger partial charge in [0.2, 0.25) is 5.88 Å². The molecular formula is C16H17ClF3N3O2. The van der Waals surface area contributed by atoms with Crippen molar-refractivity contribution < 1.29 is 22.7 Å². The van der Waals surface area contributed by atoms with Gasteiger partial charge in [-0.1, -0.05) is 12.1 Å². The highest BCUT2D eigenvalue weighted by molar-refractivity contribution is 5.94. The van der Waals surface area contributed by atoms with Crippen molar-refractivity contribution in [3.63, 3.8) is 0 Å². The summed E-state index contributed by atoms with van der Waals surface area (Å²) in [4.78, 5) is 15.4. The maximum atomic E-state index is 12.4. The molecule has 0 spiro atoms. The molecule has 0 aliphatic heterocycles. The van der Waals surface area contributed by atoms with Crippen molar-refractivity contribution in [1.82, 2.24) is 10.3 Å². The molecule has 3 N–H and O–H groups in total. The molecule has 9 heteroatoms. The van der Waals surface area contributed by atoms with Gasteiger partial charge in [0, 0.05) is 24.4 Å². The van der Waals surface area contributed by atoms with Crippen molar-refractivity contribution in [1.29, 1.82) is 0 Å². The van der Waals surface area contributed by atoms with E-state index in [4.69, 9.17) is 10.5 Å². The lowest BCUT2D eigenvalue weighted by Gasteiger charge is -2.09. The normalized spacial score (nSPS) is 10.7. The third kappa shape index (κ3) is 6.24. The second kappa shape index (κ2) is 9.24. The second-order valence-corrected chi connectivity index (χ2v) is 4.89. The number of nitrogens with two attached hydrogens (primary N) is 1. The first-order chi connectivity index (χ1) is 11.4. The Labute approximate surface area is 148 Å². The molecule has 2 rings (SSSR count). The first-order valence-corrected chi connectivity index (χ1v) is 7.13. The van der Waals surface area contributed by atoms with Crippen LogP contribution in [0.3, 0.4) is 0 Å². The highest BCUT2D eigenvalue weighted by Gasteiger charge is 2.30. The Balaban J connectivity index is 0.00000312. The number of pyridine rings is 1. The molecule has 0 unspecified atom stereocenters. The maximum Gasteiger partial charge on any atom is 0.417 e. The van der Waals surface area contributed by atoms with Gasteiger partial charge in [-0.15, -0.1) is 12.4 Å². The molecule has 1 amide bonds. The van der Waals surface area contributed by atoms with E-state index < -0.39 is 11.7 Å². The summed E-state index contributed by atoms with van der Waals surface area (Å²) >= 11 is 0. The molecule has 1 heterocycles. The third-order valence-corrected chi connectivity index (χ3v) is 3.15. The number of carbonyl (C=O) groups is 1. The van der Waals surface area contributed by atoms with Gasteiger partial charge in [-0.2, -0.15) is 13.2 Å².